The Labute approximate surface area is 144 Å². The van der Waals surface area contributed by atoms with Crippen molar-refractivity contribution >= 4 is 33.2 Å². The molecule has 1 aromatic carbocycles. The van der Waals surface area contributed by atoms with Gasteiger partial charge in [0.1, 0.15) is 5.69 Å². The van der Waals surface area contributed by atoms with Gasteiger partial charge < -0.3 is 15.1 Å². The molecule has 0 aliphatic carbocycles. The summed E-state index contributed by atoms with van der Waals surface area (Å²) in [4.78, 5) is 21.2. The number of carbonyl (C=O) groups is 1. The lowest BCUT2D eigenvalue weighted by Gasteiger charge is -2.34. The fourth-order valence-corrected chi connectivity index (χ4v) is 2.97. The average Bonchev–Trinajstić information content (AvgIpc) is 2.56. The maximum absolute atomic E-state index is 12.4. The lowest BCUT2D eigenvalue weighted by Crippen LogP contribution is -2.44. The van der Waals surface area contributed by atoms with Gasteiger partial charge in [-0.25, -0.2) is 0 Å². The number of rotatable bonds is 3. The summed E-state index contributed by atoms with van der Waals surface area (Å²) in [6, 6.07) is 11.3. The van der Waals surface area contributed by atoms with E-state index in [9.17, 15) is 4.79 Å². The zero-order valence-corrected chi connectivity index (χ0v) is 14.6. The number of nitrogens with one attached hydrogen (secondary N) is 1. The van der Waals surface area contributed by atoms with Crippen molar-refractivity contribution in [3.05, 3.63) is 52.8 Å². The number of pyridine rings is 1. The molecule has 0 radical (unpaired) electrons. The molecule has 2 aromatic rings. The maximum Gasteiger partial charge on any atom is 0.274 e. The van der Waals surface area contributed by atoms with E-state index in [2.05, 4.69) is 43.1 Å². The summed E-state index contributed by atoms with van der Waals surface area (Å²) in [7, 11) is 2.13. The Morgan fingerprint density at radius 2 is 1.96 bits per heavy atom. The van der Waals surface area contributed by atoms with Crippen molar-refractivity contribution in [3.63, 3.8) is 0 Å². The molecule has 23 heavy (non-hydrogen) atoms. The molecule has 1 aliphatic heterocycles. The monoisotopic (exact) mass is 374 g/mol. The van der Waals surface area contributed by atoms with Crippen molar-refractivity contribution in [1.82, 2.24) is 9.88 Å². The Morgan fingerprint density at radius 3 is 2.70 bits per heavy atom. The number of amides is 1. The van der Waals surface area contributed by atoms with Crippen LogP contribution in [0.5, 0.6) is 0 Å². The number of anilines is 2. The standard InChI is InChI=1S/C17H19BrN4O/c1-21-7-9-22(10-8-21)15-5-6-19-16(12-15)17(23)20-14-4-2-3-13(18)11-14/h2-6,11-12H,7-10H2,1H3,(H,20,23). The molecule has 1 fully saturated rings. The van der Waals surface area contributed by atoms with Gasteiger partial charge in [0, 0.05) is 48.2 Å². The molecule has 120 valence electrons. The van der Waals surface area contributed by atoms with Gasteiger partial charge in [0.05, 0.1) is 0 Å². The van der Waals surface area contributed by atoms with E-state index in [0.29, 0.717) is 5.69 Å². The van der Waals surface area contributed by atoms with Crippen LogP contribution in [0.2, 0.25) is 0 Å². The van der Waals surface area contributed by atoms with E-state index >= 15 is 0 Å². The van der Waals surface area contributed by atoms with E-state index in [1.165, 1.54) is 0 Å². The molecule has 6 heteroatoms. The fourth-order valence-electron chi connectivity index (χ4n) is 2.57. The van der Waals surface area contributed by atoms with Gasteiger partial charge in [0.2, 0.25) is 0 Å². The molecular weight excluding hydrogens is 356 g/mol. The van der Waals surface area contributed by atoms with Gasteiger partial charge in [-0.2, -0.15) is 0 Å². The lowest BCUT2D eigenvalue weighted by atomic mass is 10.2. The van der Waals surface area contributed by atoms with Crippen LogP contribution in [-0.4, -0.2) is 49.0 Å². The van der Waals surface area contributed by atoms with E-state index in [0.717, 1.165) is 42.0 Å². The molecule has 3 rings (SSSR count). The predicted molar refractivity (Wildman–Crippen MR) is 96.0 cm³/mol. The van der Waals surface area contributed by atoms with Crippen molar-refractivity contribution in [2.24, 2.45) is 0 Å². The van der Waals surface area contributed by atoms with Crippen LogP contribution in [0, 0.1) is 0 Å². The maximum atomic E-state index is 12.4. The van der Waals surface area contributed by atoms with Gasteiger partial charge in [-0.3, -0.25) is 9.78 Å². The van der Waals surface area contributed by atoms with Gasteiger partial charge in [0.15, 0.2) is 0 Å². The van der Waals surface area contributed by atoms with Crippen LogP contribution >= 0.6 is 15.9 Å². The van der Waals surface area contributed by atoms with Crippen LogP contribution in [0.25, 0.3) is 0 Å². The first kappa shape index (κ1) is 16.0. The first-order chi connectivity index (χ1) is 11.1. The molecule has 1 saturated heterocycles. The van der Waals surface area contributed by atoms with Crippen molar-refractivity contribution in [2.75, 3.05) is 43.4 Å². The number of aromatic nitrogens is 1. The summed E-state index contributed by atoms with van der Waals surface area (Å²) in [5.74, 6) is -0.195. The minimum absolute atomic E-state index is 0.195. The average molecular weight is 375 g/mol. The van der Waals surface area contributed by atoms with Crippen molar-refractivity contribution in [2.45, 2.75) is 0 Å². The van der Waals surface area contributed by atoms with Crippen molar-refractivity contribution in [1.29, 1.82) is 0 Å². The first-order valence-corrected chi connectivity index (χ1v) is 8.37. The molecule has 0 saturated carbocycles. The van der Waals surface area contributed by atoms with Crippen LogP contribution in [0.15, 0.2) is 47.1 Å². The molecule has 1 aliphatic rings. The minimum Gasteiger partial charge on any atom is -0.369 e. The number of benzene rings is 1. The fraction of sp³-hybridized carbons (Fsp3) is 0.294. The summed E-state index contributed by atoms with van der Waals surface area (Å²) < 4.78 is 0.925. The van der Waals surface area contributed by atoms with Crippen LogP contribution in [0.3, 0.4) is 0 Å². The molecule has 2 heterocycles. The topological polar surface area (TPSA) is 48.5 Å². The van der Waals surface area contributed by atoms with E-state index in [1.807, 2.05) is 36.4 Å². The molecule has 5 nitrogen and oxygen atoms in total. The largest absolute Gasteiger partial charge is 0.369 e. The summed E-state index contributed by atoms with van der Waals surface area (Å²) in [5.41, 5.74) is 2.23. The third-order valence-electron chi connectivity index (χ3n) is 3.93. The number of nitrogens with zero attached hydrogens (tertiary/aromatic N) is 3. The third kappa shape index (κ3) is 4.09. The molecule has 0 spiro atoms. The van der Waals surface area contributed by atoms with E-state index < -0.39 is 0 Å². The summed E-state index contributed by atoms with van der Waals surface area (Å²) in [5, 5.41) is 2.88. The normalized spacial score (nSPS) is 15.5. The molecule has 0 bridgehead atoms. The Bertz CT molecular complexity index is 698. The molecule has 1 amide bonds. The zero-order chi connectivity index (χ0) is 16.2. The van der Waals surface area contributed by atoms with Gasteiger partial charge in [-0.05, 0) is 37.4 Å². The SMILES string of the molecule is CN1CCN(c2ccnc(C(=O)Nc3cccc(Br)c3)c2)CC1. The Balaban J connectivity index is 1.72. The second-order valence-electron chi connectivity index (χ2n) is 5.65. The van der Waals surface area contributed by atoms with Crippen LogP contribution in [-0.2, 0) is 0 Å². The highest BCUT2D eigenvalue weighted by molar-refractivity contribution is 9.10. The second-order valence-corrected chi connectivity index (χ2v) is 6.57. The molecule has 0 atom stereocenters. The van der Waals surface area contributed by atoms with Crippen LogP contribution in [0.1, 0.15) is 10.5 Å². The Kier molecular flexibility index (Phi) is 4.93. The smallest absolute Gasteiger partial charge is 0.274 e. The highest BCUT2D eigenvalue weighted by Crippen LogP contribution is 2.19. The molecule has 0 unspecified atom stereocenters. The van der Waals surface area contributed by atoms with Gasteiger partial charge in [-0.15, -0.1) is 0 Å². The van der Waals surface area contributed by atoms with Crippen LogP contribution in [0.4, 0.5) is 11.4 Å². The highest BCUT2D eigenvalue weighted by atomic mass is 79.9. The number of halogens is 1. The lowest BCUT2D eigenvalue weighted by molar-refractivity contribution is 0.102. The van der Waals surface area contributed by atoms with Crippen LogP contribution < -0.4 is 10.2 Å². The van der Waals surface area contributed by atoms with Gasteiger partial charge >= 0.3 is 0 Å². The number of piperazine rings is 1. The Hall–Kier alpha value is -1.92. The van der Waals surface area contributed by atoms with E-state index in [1.54, 1.807) is 6.20 Å². The summed E-state index contributed by atoms with van der Waals surface area (Å²) >= 11 is 3.40. The summed E-state index contributed by atoms with van der Waals surface area (Å²) in [6.45, 7) is 3.99. The number of hydrogen-bond acceptors (Lipinski definition) is 4. The first-order valence-electron chi connectivity index (χ1n) is 7.58. The van der Waals surface area contributed by atoms with E-state index in [-0.39, 0.29) is 5.91 Å². The molecule has 1 N–H and O–H groups in total. The highest BCUT2D eigenvalue weighted by Gasteiger charge is 2.16. The van der Waals surface area contributed by atoms with Gasteiger partial charge in [-0.1, -0.05) is 22.0 Å². The number of hydrogen-bond donors (Lipinski definition) is 1. The van der Waals surface area contributed by atoms with E-state index in [4.69, 9.17) is 0 Å². The Morgan fingerprint density at radius 1 is 1.17 bits per heavy atom. The molecule has 1 aromatic heterocycles. The number of carbonyl (C=O) groups excluding carboxylic acids is 1. The second kappa shape index (κ2) is 7.10. The number of likely N-dealkylation sites (N-methyl/N-ethyl adjacent to an activating group) is 1. The van der Waals surface area contributed by atoms with Crippen molar-refractivity contribution < 1.29 is 4.79 Å². The molecular formula is C17H19BrN4O. The zero-order valence-electron chi connectivity index (χ0n) is 13.0. The predicted octanol–water partition coefficient (Wildman–Crippen LogP) is 2.85. The minimum atomic E-state index is -0.195. The van der Waals surface area contributed by atoms with Gasteiger partial charge in [0.25, 0.3) is 5.91 Å². The summed E-state index contributed by atoms with van der Waals surface area (Å²) in [6.07, 6.45) is 1.70. The quantitative estimate of drug-likeness (QED) is 0.897. The third-order valence-corrected chi connectivity index (χ3v) is 4.42. The van der Waals surface area contributed by atoms with Crippen molar-refractivity contribution in [3.8, 4) is 0 Å².